The molecule has 1 aromatic rings. The van der Waals surface area contributed by atoms with Crippen LogP contribution in [0.4, 0.5) is 11.4 Å². The first kappa shape index (κ1) is 12.3. The summed E-state index contributed by atoms with van der Waals surface area (Å²) < 4.78 is 0. The van der Waals surface area contributed by atoms with Gasteiger partial charge in [0.25, 0.3) is 0 Å². The number of benzene rings is 1. The lowest BCUT2D eigenvalue weighted by molar-refractivity contribution is -0.129. The van der Waals surface area contributed by atoms with E-state index in [1.165, 1.54) is 11.8 Å². The van der Waals surface area contributed by atoms with E-state index in [-0.39, 0.29) is 17.7 Å². The van der Waals surface area contributed by atoms with Gasteiger partial charge in [0, 0.05) is 25.5 Å². The number of anilines is 2. The van der Waals surface area contributed by atoms with Gasteiger partial charge in [0.15, 0.2) is 0 Å². The van der Waals surface area contributed by atoms with Crippen molar-refractivity contribution < 1.29 is 14.4 Å². The monoisotopic (exact) mass is 246 g/mol. The van der Waals surface area contributed by atoms with Crippen molar-refractivity contribution in [1.82, 2.24) is 0 Å². The van der Waals surface area contributed by atoms with Crippen molar-refractivity contribution in [3.05, 3.63) is 24.3 Å². The molecule has 5 nitrogen and oxygen atoms in total. The molecule has 0 unspecified atom stereocenters. The summed E-state index contributed by atoms with van der Waals surface area (Å²) in [6.45, 7) is 1.42. The molecule has 3 amide bonds. The summed E-state index contributed by atoms with van der Waals surface area (Å²) in [4.78, 5) is 35.5. The van der Waals surface area contributed by atoms with Gasteiger partial charge in [-0.2, -0.15) is 0 Å². The van der Waals surface area contributed by atoms with Gasteiger partial charge in [-0.1, -0.05) is 0 Å². The Morgan fingerprint density at radius 3 is 2.17 bits per heavy atom. The molecule has 1 aliphatic rings. The first-order valence-electron chi connectivity index (χ1n) is 5.81. The summed E-state index contributed by atoms with van der Waals surface area (Å²) in [5, 5.41) is 2.63. The minimum absolute atomic E-state index is 0.159. The van der Waals surface area contributed by atoms with Crippen molar-refractivity contribution in [2.45, 2.75) is 26.2 Å². The average Bonchev–Trinajstić information content (AvgIpc) is 2.30. The zero-order valence-electron chi connectivity index (χ0n) is 10.1. The predicted octanol–water partition coefficient (Wildman–Crippen LogP) is 1.69. The van der Waals surface area contributed by atoms with Gasteiger partial charge in [0.2, 0.25) is 17.7 Å². The fraction of sp³-hybridized carbons (Fsp3) is 0.308. The third-order valence-corrected chi connectivity index (χ3v) is 2.73. The van der Waals surface area contributed by atoms with Crippen molar-refractivity contribution in [2.75, 3.05) is 10.2 Å². The van der Waals surface area contributed by atoms with Crippen LogP contribution in [0, 0.1) is 0 Å². The second-order valence-electron chi connectivity index (χ2n) is 4.20. The molecule has 0 saturated carbocycles. The minimum atomic E-state index is -0.168. The molecule has 0 radical (unpaired) electrons. The van der Waals surface area contributed by atoms with Gasteiger partial charge in [-0.05, 0) is 30.7 Å². The van der Waals surface area contributed by atoms with Crippen LogP contribution in [0.1, 0.15) is 26.2 Å². The highest BCUT2D eigenvalue weighted by Crippen LogP contribution is 2.23. The molecule has 18 heavy (non-hydrogen) atoms. The summed E-state index contributed by atoms with van der Waals surface area (Å²) in [7, 11) is 0. The number of nitrogens with one attached hydrogen (secondary N) is 1. The predicted molar refractivity (Wildman–Crippen MR) is 67.1 cm³/mol. The first-order valence-corrected chi connectivity index (χ1v) is 5.81. The molecule has 1 aliphatic heterocycles. The normalized spacial score (nSPS) is 15.7. The average molecular weight is 246 g/mol. The van der Waals surface area contributed by atoms with Crippen LogP contribution in [-0.4, -0.2) is 17.7 Å². The van der Waals surface area contributed by atoms with Crippen LogP contribution in [0.2, 0.25) is 0 Å². The number of hydrogen-bond donors (Lipinski definition) is 1. The Morgan fingerprint density at radius 2 is 1.67 bits per heavy atom. The Kier molecular flexibility index (Phi) is 3.41. The van der Waals surface area contributed by atoms with E-state index in [1.807, 2.05) is 0 Å². The first-order chi connectivity index (χ1) is 8.58. The maximum Gasteiger partial charge on any atom is 0.233 e. The number of hydrogen-bond acceptors (Lipinski definition) is 3. The highest BCUT2D eigenvalue weighted by molar-refractivity contribution is 6.16. The molecular formula is C13H14N2O3. The molecule has 1 saturated heterocycles. The quantitative estimate of drug-likeness (QED) is 0.807. The molecular weight excluding hydrogens is 232 g/mol. The van der Waals surface area contributed by atoms with E-state index in [4.69, 9.17) is 0 Å². The van der Waals surface area contributed by atoms with Crippen LogP contribution in [-0.2, 0) is 14.4 Å². The van der Waals surface area contributed by atoms with Crippen LogP contribution >= 0.6 is 0 Å². The SMILES string of the molecule is CC(=O)Nc1ccc(N2C(=O)CCCC2=O)cc1. The second kappa shape index (κ2) is 5.00. The van der Waals surface area contributed by atoms with Crippen molar-refractivity contribution >= 4 is 29.1 Å². The number of amides is 3. The van der Waals surface area contributed by atoms with Gasteiger partial charge in [-0.15, -0.1) is 0 Å². The Bertz CT molecular complexity index is 477. The molecule has 94 valence electrons. The van der Waals surface area contributed by atoms with Gasteiger partial charge < -0.3 is 5.32 Å². The topological polar surface area (TPSA) is 66.5 Å². The summed E-state index contributed by atoms with van der Waals surface area (Å²) in [5.41, 5.74) is 1.20. The smallest absolute Gasteiger partial charge is 0.233 e. The van der Waals surface area contributed by atoms with Crippen LogP contribution in [0.15, 0.2) is 24.3 Å². The van der Waals surface area contributed by atoms with Gasteiger partial charge in [0.1, 0.15) is 0 Å². The lowest BCUT2D eigenvalue weighted by atomic mass is 10.1. The highest BCUT2D eigenvalue weighted by atomic mass is 16.2. The van der Waals surface area contributed by atoms with E-state index in [1.54, 1.807) is 24.3 Å². The molecule has 0 spiro atoms. The number of carbonyl (C=O) groups excluding carboxylic acids is 3. The van der Waals surface area contributed by atoms with Gasteiger partial charge in [-0.3, -0.25) is 19.3 Å². The molecule has 1 aromatic carbocycles. The Labute approximate surface area is 105 Å². The standard InChI is InChI=1S/C13H14N2O3/c1-9(16)14-10-5-7-11(8-6-10)15-12(17)3-2-4-13(15)18/h5-8H,2-4H2,1H3,(H,14,16). The summed E-state index contributed by atoms with van der Waals surface area (Å²) in [5.74, 6) is -0.495. The molecule has 0 aromatic heterocycles. The van der Waals surface area contributed by atoms with Crippen molar-refractivity contribution in [1.29, 1.82) is 0 Å². The number of nitrogens with zero attached hydrogens (tertiary/aromatic N) is 1. The van der Waals surface area contributed by atoms with Gasteiger partial charge >= 0.3 is 0 Å². The fourth-order valence-electron chi connectivity index (χ4n) is 1.94. The van der Waals surface area contributed by atoms with Crippen molar-refractivity contribution in [3.8, 4) is 0 Å². The number of piperidine rings is 1. The van der Waals surface area contributed by atoms with E-state index < -0.39 is 0 Å². The highest BCUT2D eigenvalue weighted by Gasteiger charge is 2.27. The third kappa shape index (κ3) is 2.56. The van der Waals surface area contributed by atoms with E-state index in [2.05, 4.69) is 5.32 Å². The largest absolute Gasteiger partial charge is 0.326 e. The zero-order valence-corrected chi connectivity index (χ0v) is 10.1. The Morgan fingerprint density at radius 1 is 1.11 bits per heavy atom. The zero-order chi connectivity index (χ0) is 13.1. The third-order valence-electron chi connectivity index (χ3n) is 2.73. The maximum absolute atomic E-state index is 11.7. The van der Waals surface area contributed by atoms with Crippen molar-refractivity contribution in [3.63, 3.8) is 0 Å². The summed E-state index contributed by atoms with van der Waals surface area (Å²) in [6.07, 6.45) is 1.43. The molecule has 0 atom stereocenters. The Balaban J connectivity index is 2.20. The minimum Gasteiger partial charge on any atom is -0.326 e. The molecule has 0 bridgehead atoms. The molecule has 1 heterocycles. The van der Waals surface area contributed by atoms with Crippen molar-refractivity contribution in [2.24, 2.45) is 0 Å². The van der Waals surface area contributed by atoms with Gasteiger partial charge in [-0.25, -0.2) is 0 Å². The van der Waals surface area contributed by atoms with Crippen LogP contribution in [0.3, 0.4) is 0 Å². The Hall–Kier alpha value is -2.17. The van der Waals surface area contributed by atoms with E-state index in [0.717, 1.165) is 0 Å². The van der Waals surface area contributed by atoms with E-state index >= 15 is 0 Å². The van der Waals surface area contributed by atoms with Crippen LogP contribution in [0.25, 0.3) is 0 Å². The number of rotatable bonds is 2. The molecule has 2 rings (SSSR count). The molecule has 1 N–H and O–H groups in total. The fourth-order valence-corrected chi connectivity index (χ4v) is 1.94. The second-order valence-corrected chi connectivity index (χ2v) is 4.20. The molecule has 5 heteroatoms. The van der Waals surface area contributed by atoms with E-state index in [9.17, 15) is 14.4 Å². The van der Waals surface area contributed by atoms with E-state index in [0.29, 0.717) is 30.6 Å². The summed E-state index contributed by atoms with van der Waals surface area (Å²) >= 11 is 0. The van der Waals surface area contributed by atoms with Gasteiger partial charge in [0.05, 0.1) is 5.69 Å². The molecule has 1 fully saturated rings. The maximum atomic E-state index is 11.7. The lowest BCUT2D eigenvalue weighted by Gasteiger charge is -2.24. The lowest BCUT2D eigenvalue weighted by Crippen LogP contribution is -2.40. The number of imide groups is 1. The van der Waals surface area contributed by atoms with Crippen LogP contribution < -0.4 is 10.2 Å². The number of carbonyl (C=O) groups is 3. The summed E-state index contributed by atoms with van der Waals surface area (Å²) in [6, 6.07) is 6.66. The van der Waals surface area contributed by atoms with Crippen LogP contribution in [0.5, 0.6) is 0 Å². The molecule has 0 aliphatic carbocycles.